The molecule has 0 aromatic carbocycles. The monoisotopic (exact) mass is 1100 g/mol. The number of rotatable bonds is 67. The third-order valence-corrected chi connectivity index (χ3v) is 16.8. The Morgan fingerprint density at radius 2 is 0.654 bits per heavy atom. The smallest absolute Gasteiger partial charge is 0.305 e. The van der Waals surface area contributed by atoms with Gasteiger partial charge in [0.15, 0.2) is 0 Å². The average Bonchev–Trinajstić information content (AvgIpc) is 3.44. The summed E-state index contributed by atoms with van der Waals surface area (Å²) in [6, 6.07) is -0.538. The minimum absolute atomic E-state index is 0.00604. The van der Waals surface area contributed by atoms with Gasteiger partial charge in [-0.05, 0) is 51.4 Å². The zero-order valence-electron chi connectivity index (χ0n) is 52.9. The summed E-state index contributed by atoms with van der Waals surface area (Å²) in [5.74, 6) is -0.0214. The van der Waals surface area contributed by atoms with Crippen LogP contribution < -0.4 is 5.32 Å². The van der Waals surface area contributed by atoms with Crippen LogP contribution in [0, 0.1) is 0 Å². The lowest BCUT2D eigenvalue weighted by atomic mass is 10.0. The minimum Gasteiger partial charge on any atom is -0.466 e. The first-order valence-electron chi connectivity index (χ1n) is 35.6. The summed E-state index contributed by atoms with van der Waals surface area (Å²) >= 11 is 0. The molecule has 0 fully saturated rings. The lowest BCUT2D eigenvalue weighted by Crippen LogP contribution is -2.45. The highest BCUT2D eigenvalue weighted by Gasteiger charge is 2.20. The number of esters is 1. The number of carbonyl (C=O) groups is 2. The summed E-state index contributed by atoms with van der Waals surface area (Å²) in [6.07, 6.45) is 85.2. The summed E-state index contributed by atoms with van der Waals surface area (Å²) in [5.41, 5.74) is 0. The molecule has 0 rings (SSSR count). The minimum atomic E-state index is -0.661. The van der Waals surface area contributed by atoms with E-state index in [1.165, 1.54) is 315 Å². The average molecular weight is 1100 g/mol. The van der Waals surface area contributed by atoms with Gasteiger partial charge in [-0.15, -0.1) is 0 Å². The Kier molecular flexibility index (Phi) is 66.4. The Morgan fingerprint density at radius 3 is 1.01 bits per heavy atom. The van der Waals surface area contributed by atoms with E-state index in [-0.39, 0.29) is 18.5 Å². The van der Waals surface area contributed by atoms with Gasteiger partial charge in [-0.2, -0.15) is 0 Å². The first kappa shape index (κ1) is 76.3. The molecular formula is C72H139NO5. The number of aliphatic hydroxyl groups excluding tert-OH is 2. The van der Waals surface area contributed by atoms with Crippen LogP contribution in [0.3, 0.4) is 0 Å². The third-order valence-electron chi connectivity index (χ3n) is 16.8. The fourth-order valence-electron chi connectivity index (χ4n) is 11.3. The second-order valence-corrected chi connectivity index (χ2v) is 24.6. The summed E-state index contributed by atoms with van der Waals surface area (Å²) in [7, 11) is 0. The van der Waals surface area contributed by atoms with E-state index in [0.717, 1.165) is 51.4 Å². The van der Waals surface area contributed by atoms with Crippen LogP contribution in [0.2, 0.25) is 0 Å². The van der Waals surface area contributed by atoms with Crippen molar-refractivity contribution in [3.8, 4) is 0 Å². The Labute approximate surface area is 488 Å². The number of nitrogens with one attached hydrogen (secondary N) is 1. The van der Waals surface area contributed by atoms with E-state index in [0.29, 0.717) is 25.9 Å². The van der Waals surface area contributed by atoms with E-state index in [1.807, 2.05) is 0 Å². The molecule has 6 heteroatoms. The van der Waals surface area contributed by atoms with Crippen molar-refractivity contribution in [1.29, 1.82) is 0 Å². The molecule has 0 aliphatic heterocycles. The summed E-state index contributed by atoms with van der Waals surface area (Å²) < 4.78 is 5.48. The number of hydrogen-bond acceptors (Lipinski definition) is 5. The molecule has 0 aromatic rings. The maximum absolute atomic E-state index is 12.5. The molecule has 0 heterocycles. The van der Waals surface area contributed by atoms with Gasteiger partial charge in [0.1, 0.15) is 0 Å². The maximum atomic E-state index is 12.5. The Hall–Kier alpha value is -1.66. The van der Waals surface area contributed by atoms with Crippen molar-refractivity contribution < 1.29 is 24.5 Å². The van der Waals surface area contributed by atoms with E-state index in [4.69, 9.17) is 4.74 Å². The second kappa shape index (κ2) is 67.8. The number of ether oxygens (including phenoxy) is 1. The second-order valence-electron chi connectivity index (χ2n) is 24.6. The topological polar surface area (TPSA) is 95.9 Å². The van der Waals surface area contributed by atoms with Crippen LogP contribution in [-0.4, -0.2) is 47.4 Å². The van der Waals surface area contributed by atoms with Crippen molar-refractivity contribution in [2.75, 3.05) is 13.2 Å². The molecule has 0 radical (unpaired) electrons. The molecule has 78 heavy (non-hydrogen) atoms. The fraction of sp³-hybridized carbons (Fsp3) is 0.917. The van der Waals surface area contributed by atoms with Gasteiger partial charge in [0.05, 0.1) is 25.4 Å². The lowest BCUT2D eigenvalue weighted by molar-refractivity contribution is -0.143. The van der Waals surface area contributed by atoms with Gasteiger partial charge in [0.2, 0.25) is 5.91 Å². The predicted octanol–water partition coefficient (Wildman–Crippen LogP) is 22.9. The largest absolute Gasteiger partial charge is 0.466 e. The van der Waals surface area contributed by atoms with E-state index < -0.39 is 12.1 Å². The number of allylic oxidation sites excluding steroid dienone is 4. The molecule has 1 amide bonds. The molecule has 0 aromatic heterocycles. The van der Waals surface area contributed by atoms with Crippen molar-refractivity contribution >= 4 is 11.9 Å². The van der Waals surface area contributed by atoms with Crippen LogP contribution in [0.25, 0.3) is 0 Å². The van der Waals surface area contributed by atoms with Gasteiger partial charge in [-0.3, -0.25) is 9.59 Å². The van der Waals surface area contributed by atoms with E-state index in [2.05, 4.69) is 43.5 Å². The van der Waals surface area contributed by atoms with Gasteiger partial charge in [0.25, 0.3) is 0 Å². The molecule has 2 unspecified atom stereocenters. The van der Waals surface area contributed by atoms with Gasteiger partial charge in [0, 0.05) is 12.8 Å². The number of amides is 1. The van der Waals surface area contributed by atoms with Gasteiger partial charge in [-0.1, -0.05) is 359 Å². The molecule has 462 valence electrons. The number of carbonyl (C=O) groups excluding carboxylic acids is 2. The van der Waals surface area contributed by atoms with Gasteiger partial charge >= 0.3 is 5.97 Å². The molecule has 0 bridgehead atoms. The molecule has 0 saturated heterocycles. The summed E-state index contributed by atoms with van der Waals surface area (Å²) in [4.78, 5) is 24.6. The molecule has 2 atom stereocenters. The van der Waals surface area contributed by atoms with Gasteiger partial charge in [-0.25, -0.2) is 0 Å². The Bertz CT molecular complexity index is 1220. The maximum Gasteiger partial charge on any atom is 0.305 e. The molecule has 6 nitrogen and oxygen atoms in total. The first-order valence-corrected chi connectivity index (χ1v) is 35.6. The molecule has 0 saturated carbocycles. The van der Waals surface area contributed by atoms with Crippen molar-refractivity contribution in [2.24, 2.45) is 0 Å². The van der Waals surface area contributed by atoms with E-state index in [1.54, 1.807) is 0 Å². The molecule has 0 spiro atoms. The lowest BCUT2D eigenvalue weighted by Gasteiger charge is -2.22. The third kappa shape index (κ3) is 63.5. The predicted molar refractivity (Wildman–Crippen MR) is 343 cm³/mol. The quantitative estimate of drug-likeness (QED) is 0.0320. The Balaban J connectivity index is 3.33. The van der Waals surface area contributed by atoms with Crippen molar-refractivity contribution in [3.05, 3.63) is 24.3 Å². The SMILES string of the molecule is CCCC/C=C\C/C=C\CCCCCCCC(=O)OCCCCCCCCCCCCCCCCCCCCCCCCCCCCCCCCC(=O)NC(CO)C(O)CCCCCCCCCCCCCCCCCCC. The van der Waals surface area contributed by atoms with Gasteiger partial charge < -0.3 is 20.3 Å². The van der Waals surface area contributed by atoms with Crippen molar-refractivity contribution in [3.63, 3.8) is 0 Å². The van der Waals surface area contributed by atoms with E-state index in [9.17, 15) is 19.8 Å². The van der Waals surface area contributed by atoms with Crippen LogP contribution >= 0.6 is 0 Å². The normalized spacial score (nSPS) is 12.6. The van der Waals surface area contributed by atoms with Crippen LogP contribution in [0.15, 0.2) is 24.3 Å². The molecule has 0 aliphatic carbocycles. The molecule has 3 N–H and O–H groups in total. The van der Waals surface area contributed by atoms with Crippen molar-refractivity contribution in [1.82, 2.24) is 5.32 Å². The Morgan fingerprint density at radius 1 is 0.359 bits per heavy atom. The highest BCUT2D eigenvalue weighted by Crippen LogP contribution is 2.19. The number of hydrogen-bond donors (Lipinski definition) is 3. The van der Waals surface area contributed by atoms with Crippen LogP contribution in [0.4, 0.5) is 0 Å². The van der Waals surface area contributed by atoms with Crippen LogP contribution in [0.1, 0.15) is 399 Å². The van der Waals surface area contributed by atoms with Crippen LogP contribution in [0.5, 0.6) is 0 Å². The zero-order chi connectivity index (χ0) is 56.4. The fourth-order valence-corrected chi connectivity index (χ4v) is 11.3. The van der Waals surface area contributed by atoms with Crippen LogP contribution in [-0.2, 0) is 14.3 Å². The zero-order valence-corrected chi connectivity index (χ0v) is 52.9. The number of aliphatic hydroxyl groups is 2. The standard InChI is InChI=1S/C72H139NO5/c1-3-5-7-9-11-13-15-17-19-34-37-40-44-48-52-56-60-64-70(75)69(68-74)73-71(76)65-61-57-53-49-45-41-38-35-32-30-28-26-24-22-20-21-23-25-27-29-31-33-36-39-43-47-51-55-59-63-67-78-72(77)66-62-58-54-50-46-42-18-16-14-12-10-8-6-4-2/h10,12,16,18,69-70,74-75H,3-9,11,13-15,17,19-68H2,1-2H3,(H,73,76)/b12-10-,18-16-. The molecule has 0 aliphatic rings. The first-order chi connectivity index (χ1) is 38.5. The summed E-state index contributed by atoms with van der Waals surface area (Å²) in [6.45, 7) is 4.94. The highest BCUT2D eigenvalue weighted by molar-refractivity contribution is 5.76. The van der Waals surface area contributed by atoms with E-state index >= 15 is 0 Å². The molecular weight excluding hydrogens is 959 g/mol. The number of unbranched alkanes of at least 4 members (excludes halogenated alkanes) is 52. The van der Waals surface area contributed by atoms with Crippen molar-refractivity contribution in [2.45, 2.75) is 411 Å². The summed E-state index contributed by atoms with van der Waals surface area (Å²) in [5, 5.41) is 23.4. The highest BCUT2D eigenvalue weighted by atomic mass is 16.5.